The molecule has 1 aromatic carbocycles. The summed E-state index contributed by atoms with van der Waals surface area (Å²) in [5, 5.41) is 12.0. The Labute approximate surface area is 102 Å². The monoisotopic (exact) mass is 256 g/mol. The summed E-state index contributed by atoms with van der Waals surface area (Å²) in [4.78, 5) is 0.979. The van der Waals surface area contributed by atoms with Gasteiger partial charge in [0.15, 0.2) is 0 Å². The molecule has 1 atom stereocenters. The molecule has 0 aliphatic carbocycles. The van der Waals surface area contributed by atoms with Crippen LogP contribution in [0.1, 0.15) is 22.1 Å². The van der Waals surface area contributed by atoms with Crippen LogP contribution in [0.3, 0.4) is 0 Å². The molecule has 1 nitrogen and oxygen atoms in total. The van der Waals surface area contributed by atoms with Gasteiger partial charge in [0.2, 0.25) is 0 Å². The molecule has 0 bridgehead atoms. The third-order valence-electron chi connectivity index (χ3n) is 2.47. The Balaban J connectivity index is 2.46. The van der Waals surface area contributed by atoms with Gasteiger partial charge in [0, 0.05) is 10.4 Å². The zero-order chi connectivity index (χ0) is 11.7. The van der Waals surface area contributed by atoms with E-state index in [4.69, 9.17) is 11.6 Å². The van der Waals surface area contributed by atoms with Crippen LogP contribution in [0.25, 0.3) is 0 Å². The van der Waals surface area contributed by atoms with Crippen molar-refractivity contribution >= 4 is 22.9 Å². The second kappa shape index (κ2) is 4.53. The summed E-state index contributed by atoms with van der Waals surface area (Å²) >= 11 is 7.20. The number of thiophene rings is 1. The average Bonchev–Trinajstić information content (AvgIpc) is 2.68. The van der Waals surface area contributed by atoms with Gasteiger partial charge in [-0.05, 0) is 30.0 Å². The molecule has 0 spiro atoms. The summed E-state index contributed by atoms with van der Waals surface area (Å²) in [6, 6.07) is 6.44. The summed E-state index contributed by atoms with van der Waals surface area (Å²) in [7, 11) is 0. The number of aliphatic hydroxyl groups is 1. The molecular formula is C12H10ClFOS. The number of aryl methyl sites for hydroxylation is 1. The minimum atomic E-state index is -0.954. The first-order chi connectivity index (χ1) is 7.61. The second-order valence-electron chi connectivity index (χ2n) is 3.48. The van der Waals surface area contributed by atoms with Gasteiger partial charge in [-0.1, -0.05) is 23.7 Å². The number of aliphatic hydroxyl groups excluding tert-OH is 1. The van der Waals surface area contributed by atoms with Gasteiger partial charge in [-0.3, -0.25) is 0 Å². The molecule has 0 radical (unpaired) electrons. The van der Waals surface area contributed by atoms with Crippen LogP contribution in [0, 0.1) is 12.7 Å². The number of hydrogen-bond acceptors (Lipinski definition) is 2. The molecule has 0 amide bonds. The van der Waals surface area contributed by atoms with Crippen molar-refractivity contribution in [3.05, 3.63) is 56.5 Å². The quantitative estimate of drug-likeness (QED) is 0.863. The van der Waals surface area contributed by atoms with Crippen molar-refractivity contribution in [1.29, 1.82) is 0 Å². The highest BCUT2D eigenvalue weighted by atomic mass is 35.5. The van der Waals surface area contributed by atoms with E-state index in [-0.39, 0.29) is 10.6 Å². The predicted molar refractivity (Wildman–Crippen MR) is 64.5 cm³/mol. The maximum atomic E-state index is 13.7. The van der Waals surface area contributed by atoms with Gasteiger partial charge in [-0.2, -0.15) is 0 Å². The zero-order valence-corrected chi connectivity index (χ0v) is 10.1. The molecule has 0 saturated heterocycles. The van der Waals surface area contributed by atoms with E-state index in [0.29, 0.717) is 0 Å². The average molecular weight is 257 g/mol. The van der Waals surface area contributed by atoms with E-state index in [1.54, 1.807) is 18.2 Å². The Morgan fingerprint density at radius 2 is 2.06 bits per heavy atom. The molecular weight excluding hydrogens is 247 g/mol. The molecule has 0 aliphatic heterocycles. The van der Waals surface area contributed by atoms with E-state index in [0.717, 1.165) is 10.4 Å². The van der Waals surface area contributed by atoms with Crippen molar-refractivity contribution in [1.82, 2.24) is 0 Å². The molecule has 1 heterocycles. The lowest BCUT2D eigenvalue weighted by Crippen LogP contribution is -2.02. The minimum absolute atomic E-state index is 0.0319. The van der Waals surface area contributed by atoms with Gasteiger partial charge in [0.25, 0.3) is 0 Å². The van der Waals surface area contributed by atoms with E-state index in [2.05, 4.69) is 0 Å². The molecule has 2 aromatic rings. The fraction of sp³-hybridized carbons (Fsp3) is 0.167. The number of halogens is 2. The smallest absolute Gasteiger partial charge is 0.147 e. The molecule has 4 heteroatoms. The van der Waals surface area contributed by atoms with Crippen molar-refractivity contribution in [2.45, 2.75) is 13.0 Å². The van der Waals surface area contributed by atoms with Crippen molar-refractivity contribution in [3.8, 4) is 0 Å². The summed E-state index contributed by atoms with van der Waals surface area (Å²) < 4.78 is 13.7. The Bertz CT molecular complexity index is 509. The Hall–Kier alpha value is -0.900. The highest BCUT2D eigenvalue weighted by Gasteiger charge is 2.18. The maximum Gasteiger partial charge on any atom is 0.147 e. The molecule has 1 aromatic heterocycles. The molecule has 84 valence electrons. The third-order valence-corrected chi connectivity index (χ3v) is 3.62. The van der Waals surface area contributed by atoms with E-state index in [1.807, 2.05) is 12.3 Å². The summed E-state index contributed by atoms with van der Waals surface area (Å²) in [6.07, 6.45) is -0.954. The number of rotatable bonds is 2. The van der Waals surface area contributed by atoms with Crippen molar-refractivity contribution in [3.63, 3.8) is 0 Å². The van der Waals surface area contributed by atoms with Crippen LogP contribution in [0.5, 0.6) is 0 Å². The predicted octanol–water partition coefficient (Wildman–Crippen LogP) is 3.93. The van der Waals surface area contributed by atoms with Crippen LogP contribution in [-0.2, 0) is 0 Å². The SMILES string of the molecule is Cc1sccc1C(O)c1cccc(Cl)c1F. The van der Waals surface area contributed by atoms with Crippen molar-refractivity contribution < 1.29 is 9.50 Å². The zero-order valence-electron chi connectivity index (χ0n) is 8.58. The van der Waals surface area contributed by atoms with Crippen LogP contribution in [-0.4, -0.2) is 5.11 Å². The lowest BCUT2D eigenvalue weighted by atomic mass is 10.0. The van der Waals surface area contributed by atoms with Crippen LogP contribution in [0.4, 0.5) is 4.39 Å². The molecule has 0 aliphatic rings. The van der Waals surface area contributed by atoms with Crippen molar-refractivity contribution in [2.24, 2.45) is 0 Å². The van der Waals surface area contributed by atoms with Gasteiger partial charge < -0.3 is 5.11 Å². The largest absolute Gasteiger partial charge is 0.384 e. The normalized spacial score (nSPS) is 12.8. The van der Waals surface area contributed by atoms with E-state index < -0.39 is 11.9 Å². The van der Waals surface area contributed by atoms with Gasteiger partial charge in [-0.25, -0.2) is 4.39 Å². The number of benzene rings is 1. The molecule has 1 N–H and O–H groups in total. The van der Waals surface area contributed by atoms with Gasteiger partial charge in [0.05, 0.1) is 5.02 Å². The first-order valence-corrected chi connectivity index (χ1v) is 6.03. The van der Waals surface area contributed by atoms with Crippen LogP contribution >= 0.6 is 22.9 Å². The molecule has 16 heavy (non-hydrogen) atoms. The fourth-order valence-corrected chi connectivity index (χ4v) is 2.49. The van der Waals surface area contributed by atoms with Crippen LogP contribution in [0.2, 0.25) is 5.02 Å². The standard InChI is InChI=1S/C12H10ClFOS/c1-7-8(5-6-16-7)12(15)9-3-2-4-10(13)11(9)14/h2-6,12,15H,1H3. The fourth-order valence-electron chi connectivity index (χ4n) is 1.58. The topological polar surface area (TPSA) is 20.2 Å². The Morgan fingerprint density at radius 1 is 1.31 bits per heavy atom. The van der Waals surface area contributed by atoms with Crippen molar-refractivity contribution in [2.75, 3.05) is 0 Å². The first kappa shape index (κ1) is 11.6. The van der Waals surface area contributed by atoms with E-state index in [9.17, 15) is 9.50 Å². The van der Waals surface area contributed by atoms with E-state index in [1.165, 1.54) is 17.4 Å². The number of hydrogen-bond donors (Lipinski definition) is 1. The summed E-state index contributed by atoms with van der Waals surface area (Å²) in [5.74, 6) is -0.553. The van der Waals surface area contributed by atoms with Gasteiger partial charge in [0.1, 0.15) is 11.9 Å². The maximum absolute atomic E-state index is 13.7. The lowest BCUT2D eigenvalue weighted by Gasteiger charge is -2.12. The molecule has 0 saturated carbocycles. The van der Waals surface area contributed by atoms with Crippen LogP contribution in [0.15, 0.2) is 29.6 Å². The van der Waals surface area contributed by atoms with Crippen LogP contribution < -0.4 is 0 Å². The second-order valence-corrected chi connectivity index (χ2v) is 5.01. The molecule has 2 rings (SSSR count). The highest BCUT2D eigenvalue weighted by Crippen LogP contribution is 2.31. The van der Waals surface area contributed by atoms with Gasteiger partial charge >= 0.3 is 0 Å². The van der Waals surface area contributed by atoms with Gasteiger partial charge in [-0.15, -0.1) is 11.3 Å². The summed E-state index contributed by atoms with van der Waals surface area (Å²) in [6.45, 7) is 1.89. The Kier molecular flexibility index (Phi) is 3.28. The minimum Gasteiger partial charge on any atom is -0.384 e. The molecule has 0 fully saturated rings. The lowest BCUT2D eigenvalue weighted by molar-refractivity contribution is 0.215. The van der Waals surface area contributed by atoms with E-state index >= 15 is 0 Å². The third kappa shape index (κ3) is 1.98. The highest BCUT2D eigenvalue weighted by molar-refractivity contribution is 7.10. The first-order valence-electron chi connectivity index (χ1n) is 4.77. The Morgan fingerprint density at radius 3 is 2.69 bits per heavy atom. The summed E-state index contributed by atoms with van der Waals surface area (Å²) in [5.41, 5.74) is 0.945. The molecule has 1 unspecified atom stereocenters.